The van der Waals surface area contributed by atoms with E-state index in [1.165, 1.54) is 5.56 Å². The highest BCUT2D eigenvalue weighted by atomic mass is 127. The van der Waals surface area contributed by atoms with E-state index in [9.17, 15) is 0 Å². The molecule has 7 nitrogen and oxygen atoms in total. The lowest BCUT2D eigenvalue weighted by Crippen LogP contribution is -2.37. The van der Waals surface area contributed by atoms with Gasteiger partial charge in [-0.15, -0.1) is 24.0 Å². The summed E-state index contributed by atoms with van der Waals surface area (Å²) in [5.74, 6) is 2.36. The summed E-state index contributed by atoms with van der Waals surface area (Å²) in [6, 6.07) is 8.08. The molecule has 0 fully saturated rings. The number of halogens is 1. The number of nitrogens with one attached hydrogen (secondary N) is 2. The quantitative estimate of drug-likeness (QED) is 0.246. The van der Waals surface area contributed by atoms with E-state index in [2.05, 4.69) is 32.9 Å². The van der Waals surface area contributed by atoms with Crippen LogP contribution in [0.3, 0.4) is 0 Å². The van der Waals surface area contributed by atoms with Crippen LogP contribution in [0.4, 0.5) is 0 Å². The predicted molar refractivity (Wildman–Crippen MR) is 119 cm³/mol. The second kappa shape index (κ2) is 12.4. The Bertz CT molecular complexity index is 718. The third-order valence-corrected chi connectivity index (χ3v) is 4.05. The molecule has 0 saturated carbocycles. The maximum Gasteiger partial charge on any atom is 0.191 e. The van der Waals surface area contributed by atoms with Crippen molar-refractivity contribution in [2.24, 2.45) is 12.0 Å². The molecule has 1 heterocycles. The Hall–Kier alpha value is -1.97. The molecule has 0 aliphatic rings. The first-order valence-corrected chi connectivity index (χ1v) is 8.89. The van der Waals surface area contributed by atoms with Crippen LogP contribution in [0.25, 0.3) is 0 Å². The summed E-state index contributed by atoms with van der Waals surface area (Å²) in [7, 11) is 5.36. The van der Waals surface area contributed by atoms with Gasteiger partial charge in [-0.05, 0) is 43.5 Å². The van der Waals surface area contributed by atoms with E-state index >= 15 is 0 Å². The minimum absolute atomic E-state index is 0. The Kier molecular flexibility index (Phi) is 10.6. The summed E-state index contributed by atoms with van der Waals surface area (Å²) in [6.45, 7) is 4.12. The Labute approximate surface area is 178 Å². The van der Waals surface area contributed by atoms with Crippen LogP contribution in [-0.4, -0.2) is 43.0 Å². The highest BCUT2D eigenvalue weighted by Crippen LogP contribution is 2.28. The van der Waals surface area contributed by atoms with Crippen LogP contribution >= 0.6 is 24.0 Å². The summed E-state index contributed by atoms with van der Waals surface area (Å²) in [6.07, 6.45) is 3.73. The van der Waals surface area contributed by atoms with Gasteiger partial charge in [0.15, 0.2) is 17.5 Å². The highest BCUT2D eigenvalue weighted by Gasteiger charge is 2.06. The van der Waals surface area contributed by atoms with Crippen LogP contribution in [0.2, 0.25) is 0 Å². The molecule has 0 atom stereocenters. The van der Waals surface area contributed by atoms with Gasteiger partial charge in [0.05, 0.1) is 26.0 Å². The fourth-order valence-corrected chi connectivity index (χ4v) is 2.61. The fraction of sp³-hybridized carbons (Fsp3) is 0.474. The maximum atomic E-state index is 5.63. The molecule has 2 N–H and O–H groups in total. The lowest BCUT2D eigenvalue weighted by Gasteiger charge is -2.13. The minimum Gasteiger partial charge on any atom is -0.493 e. The molecule has 1 aromatic carbocycles. The first-order valence-electron chi connectivity index (χ1n) is 8.89. The van der Waals surface area contributed by atoms with Crippen molar-refractivity contribution in [2.75, 3.05) is 27.3 Å². The number of benzene rings is 1. The zero-order valence-corrected chi connectivity index (χ0v) is 18.8. The number of methoxy groups -OCH3 is 1. The first-order chi connectivity index (χ1) is 12.7. The molecule has 0 amide bonds. The van der Waals surface area contributed by atoms with E-state index in [-0.39, 0.29) is 24.0 Å². The molecule has 0 aliphatic carbocycles. The number of hydrogen-bond acceptors (Lipinski definition) is 4. The molecule has 27 heavy (non-hydrogen) atoms. The van der Waals surface area contributed by atoms with Crippen molar-refractivity contribution in [3.8, 4) is 11.5 Å². The molecule has 150 valence electrons. The predicted octanol–water partition coefficient (Wildman–Crippen LogP) is 2.74. The molecule has 0 aliphatic heterocycles. The zero-order valence-electron chi connectivity index (χ0n) is 16.5. The number of ether oxygens (including phenoxy) is 2. The molecule has 0 radical (unpaired) electrons. The molecule has 2 aromatic rings. The molecule has 0 unspecified atom stereocenters. The fourth-order valence-electron chi connectivity index (χ4n) is 2.61. The number of hydrogen-bond donors (Lipinski definition) is 2. The van der Waals surface area contributed by atoms with Gasteiger partial charge in [-0.2, -0.15) is 5.10 Å². The molecule has 2 rings (SSSR count). The molecular weight excluding hydrogens is 457 g/mol. The van der Waals surface area contributed by atoms with Crippen molar-refractivity contribution in [1.82, 2.24) is 20.4 Å². The Morgan fingerprint density at radius 3 is 2.67 bits per heavy atom. The average molecular weight is 487 g/mol. The second-order valence-corrected chi connectivity index (χ2v) is 5.82. The molecule has 8 heteroatoms. The lowest BCUT2D eigenvalue weighted by molar-refractivity contribution is 0.310. The van der Waals surface area contributed by atoms with E-state index in [1.54, 1.807) is 20.4 Å². The van der Waals surface area contributed by atoms with Gasteiger partial charge in [0.25, 0.3) is 0 Å². The monoisotopic (exact) mass is 487 g/mol. The summed E-state index contributed by atoms with van der Waals surface area (Å²) < 4.78 is 12.8. The number of guanidine groups is 1. The second-order valence-electron chi connectivity index (χ2n) is 5.82. The minimum atomic E-state index is 0. The van der Waals surface area contributed by atoms with Crippen LogP contribution in [0.1, 0.15) is 24.6 Å². The van der Waals surface area contributed by atoms with Crippen LogP contribution in [0.5, 0.6) is 11.5 Å². The summed E-state index contributed by atoms with van der Waals surface area (Å²) >= 11 is 0. The van der Waals surface area contributed by atoms with Crippen molar-refractivity contribution in [3.05, 3.63) is 41.7 Å². The van der Waals surface area contributed by atoms with Crippen molar-refractivity contribution in [2.45, 2.75) is 26.3 Å². The topological polar surface area (TPSA) is 72.7 Å². The van der Waals surface area contributed by atoms with Crippen molar-refractivity contribution < 1.29 is 9.47 Å². The van der Waals surface area contributed by atoms with Crippen LogP contribution < -0.4 is 20.1 Å². The Balaban J connectivity index is 0.00000364. The SMILES string of the molecule is CCOc1cc(CCCNC(=NC)NCc2ccnn2C)ccc1OC.I. The van der Waals surface area contributed by atoms with Crippen LogP contribution in [0.15, 0.2) is 35.5 Å². The molecular formula is C19H30IN5O2. The molecule has 0 spiro atoms. The van der Waals surface area contributed by atoms with Crippen molar-refractivity contribution in [1.29, 1.82) is 0 Å². The summed E-state index contributed by atoms with van der Waals surface area (Å²) in [5, 5.41) is 10.8. The van der Waals surface area contributed by atoms with Crippen LogP contribution in [-0.2, 0) is 20.0 Å². The van der Waals surface area contributed by atoms with E-state index < -0.39 is 0 Å². The number of aliphatic imine (C=N–C) groups is 1. The van der Waals surface area contributed by atoms with Crippen molar-refractivity contribution in [3.63, 3.8) is 0 Å². The lowest BCUT2D eigenvalue weighted by atomic mass is 10.1. The van der Waals surface area contributed by atoms with E-state index in [0.717, 1.165) is 42.5 Å². The van der Waals surface area contributed by atoms with Crippen molar-refractivity contribution >= 4 is 29.9 Å². The first kappa shape index (κ1) is 23.1. The standard InChI is InChI=1S/C19H29N5O2.HI/c1-5-26-18-13-15(8-9-17(18)25-4)7-6-11-21-19(20-2)22-14-16-10-12-23-24(16)3;/h8-10,12-13H,5-7,11,14H2,1-4H3,(H2,20,21,22);1H. The largest absolute Gasteiger partial charge is 0.493 e. The van der Waals surface area contributed by atoms with Crippen LogP contribution in [0, 0.1) is 0 Å². The van der Waals surface area contributed by atoms with Gasteiger partial charge in [-0.1, -0.05) is 6.07 Å². The summed E-state index contributed by atoms with van der Waals surface area (Å²) in [4.78, 5) is 4.25. The molecule has 1 aromatic heterocycles. The van der Waals surface area contributed by atoms with Gasteiger partial charge in [-0.3, -0.25) is 9.67 Å². The average Bonchev–Trinajstić information content (AvgIpc) is 3.06. The third kappa shape index (κ3) is 7.28. The summed E-state index contributed by atoms with van der Waals surface area (Å²) in [5.41, 5.74) is 2.34. The van der Waals surface area contributed by atoms with Gasteiger partial charge in [0, 0.05) is 26.8 Å². The Morgan fingerprint density at radius 1 is 1.22 bits per heavy atom. The smallest absolute Gasteiger partial charge is 0.191 e. The van der Waals surface area contributed by atoms with Gasteiger partial charge in [0.1, 0.15) is 0 Å². The molecule has 0 bridgehead atoms. The van der Waals surface area contributed by atoms with Gasteiger partial charge in [0.2, 0.25) is 0 Å². The van der Waals surface area contributed by atoms with Gasteiger partial charge >= 0.3 is 0 Å². The zero-order chi connectivity index (χ0) is 18.8. The number of rotatable bonds is 9. The van der Waals surface area contributed by atoms with E-state index in [1.807, 2.05) is 30.8 Å². The highest BCUT2D eigenvalue weighted by molar-refractivity contribution is 14.0. The maximum absolute atomic E-state index is 5.63. The van der Waals surface area contributed by atoms with Gasteiger partial charge < -0.3 is 20.1 Å². The van der Waals surface area contributed by atoms with E-state index in [0.29, 0.717) is 13.2 Å². The number of aryl methyl sites for hydroxylation is 2. The Morgan fingerprint density at radius 2 is 2.04 bits per heavy atom. The van der Waals surface area contributed by atoms with E-state index in [4.69, 9.17) is 9.47 Å². The number of aromatic nitrogens is 2. The number of nitrogens with zero attached hydrogens (tertiary/aromatic N) is 3. The normalized spacial score (nSPS) is 10.9. The third-order valence-electron chi connectivity index (χ3n) is 4.05. The molecule has 0 saturated heterocycles. The van der Waals surface area contributed by atoms with Gasteiger partial charge in [-0.25, -0.2) is 0 Å².